The molecule has 0 aromatic rings. The van der Waals surface area contributed by atoms with Crippen LogP contribution in [0.25, 0.3) is 0 Å². The van der Waals surface area contributed by atoms with Crippen LogP contribution in [0.5, 0.6) is 0 Å². The average Bonchev–Trinajstić information content (AvgIpc) is 2.85. The van der Waals surface area contributed by atoms with Crippen LogP contribution in [0.3, 0.4) is 0 Å². The molecule has 3 rings (SSSR count). The Balaban J connectivity index is 1.43. The maximum absolute atomic E-state index is 12.3. The summed E-state index contributed by atoms with van der Waals surface area (Å²) in [6, 6.07) is 1.38. The van der Waals surface area contributed by atoms with E-state index in [2.05, 4.69) is 16.9 Å². The van der Waals surface area contributed by atoms with Gasteiger partial charge in [0.2, 0.25) is 5.91 Å². The fourth-order valence-corrected chi connectivity index (χ4v) is 5.50. The largest absolute Gasteiger partial charge is 0.355 e. The highest BCUT2D eigenvalue weighted by molar-refractivity contribution is 8.00. The first kappa shape index (κ1) is 15.7. The van der Waals surface area contributed by atoms with E-state index >= 15 is 0 Å². The lowest BCUT2D eigenvalue weighted by atomic mass is 9.87. The molecule has 0 radical (unpaired) electrons. The molecule has 3 nitrogen and oxygen atoms in total. The fraction of sp³-hybridized carbons (Fsp3) is 0.941. The van der Waals surface area contributed by atoms with Crippen molar-refractivity contribution < 1.29 is 4.79 Å². The first-order chi connectivity index (χ1) is 10.2. The van der Waals surface area contributed by atoms with Crippen LogP contribution in [0.4, 0.5) is 0 Å². The third-order valence-corrected chi connectivity index (χ3v) is 7.27. The number of nitrogens with one attached hydrogen (secondary N) is 2. The number of carbonyl (C=O) groups excluding carboxylic acids is 1. The van der Waals surface area contributed by atoms with Crippen LogP contribution in [0.15, 0.2) is 0 Å². The summed E-state index contributed by atoms with van der Waals surface area (Å²) in [5.41, 5.74) is 0. The van der Waals surface area contributed by atoms with Gasteiger partial charge in [0.05, 0.1) is 0 Å². The van der Waals surface area contributed by atoms with Crippen LogP contribution >= 0.6 is 11.8 Å². The number of hydrogen-bond donors (Lipinski definition) is 2. The number of amides is 1. The molecule has 4 heteroatoms. The van der Waals surface area contributed by atoms with Crippen molar-refractivity contribution in [1.29, 1.82) is 0 Å². The number of rotatable bonds is 5. The molecular weight excluding hydrogens is 280 g/mol. The summed E-state index contributed by atoms with van der Waals surface area (Å²) >= 11 is 1.97. The van der Waals surface area contributed by atoms with E-state index in [1.807, 2.05) is 11.8 Å². The molecule has 2 bridgehead atoms. The first-order valence-electron chi connectivity index (χ1n) is 8.77. The zero-order valence-electron chi connectivity index (χ0n) is 13.3. The summed E-state index contributed by atoms with van der Waals surface area (Å²) in [7, 11) is 0. The number of fused-ring (bicyclic) bond motifs is 2. The van der Waals surface area contributed by atoms with Gasteiger partial charge in [-0.05, 0) is 50.7 Å². The second-order valence-electron chi connectivity index (χ2n) is 7.40. The van der Waals surface area contributed by atoms with E-state index in [4.69, 9.17) is 0 Å². The molecule has 1 aliphatic carbocycles. The van der Waals surface area contributed by atoms with Crippen molar-refractivity contribution in [3.63, 3.8) is 0 Å². The predicted molar refractivity (Wildman–Crippen MR) is 89.6 cm³/mol. The molecular formula is C17H30N2OS. The monoisotopic (exact) mass is 310 g/mol. The van der Waals surface area contributed by atoms with Crippen molar-refractivity contribution in [2.45, 2.75) is 81.0 Å². The molecule has 120 valence electrons. The Morgan fingerprint density at radius 3 is 2.48 bits per heavy atom. The minimum absolute atomic E-state index is 0.292. The van der Waals surface area contributed by atoms with Gasteiger partial charge in [0.1, 0.15) is 0 Å². The molecule has 2 aliphatic heterocycles. The maximum Gasteiger partial charge on any atom is 0.220 e. The van der Waals surface area contributed by atoms with Gasteiger partial charge < -0.3 is 10.6 Å². The van der Waals surface area contributed by atoms with Gasteiger partial charge in [0.25, 0.3) is 0 Å². The second kappa shape index (κ2) is 6.91. The molecule has 0 aromatic heterocycles. The van der Waals surface area contributed by atoms with Gasteiger partial charge in [0.15, 0.2) is 0 Å². The lowest BCUT2D eigenvalue weighted by Gasteiger charge is -2.36. The zero-order chi connectivity index (χ0) is 14.7. The summed E-state index contributed by atoms with van der Waals surface area (Å²) in [6.07, 6.45) is 14.6. The summed E-state index contributed by atoms with van der Waals surface area (Å²) in [5, 5.41) is 6.92. The normalized spacial score (nSPS) is 34.6. The Hall–Kier alpha value is -0.220. The Kier molecular flexibility index (Phi) is 5.15. The van der Waals surface area contributed by atoms with Crippen molar-refractivity contribution in [3.05, 3.63) is 0 Å². The molecule has 2 heterocycles. The van der Waals surface area contributed by atoms with Gasteiger partial charge in [-0.3, -0.25) is 4.79 Å². The van der Waals surface area contributed by atoms with Crippen molar-refractivity contribution in [1.82, 2.24) is 10.6 Å². The SMILES string of the molecule is CSC1(CNC(=O)CC2CC3CCC(C2)N3)CCCCC1. The van der Waals surface area contributed by atoms with E-state index in [-0.39, 0.29) is 0 Å². The highest BCUT2D eigenvalue weighted by atomic mass is 32.2. The lowest BCUT2D eigenvalue weighted by molar-refractivity contribution is -0.122. The summed E-state index contributed by atoms with van der Waals surface area (Å²) in [4.78, 5) is 12.3. The van der Waals surface area contributed by atoms with E-state index in [9.17, 15) is 4.79 Å². The van der Waals surface area contributed by atoms with Crippen LogP contribution in [-0.2, 0) is 4.79 Å². The Labute approximate surface area is 133 Å². The lowest BCUT2D eigenvalue weighted by Crippen LogP contribution is -2.43. The first-order valence-corrected chi connectivity index (χ1v) is 9.99. The number of thioether (sulfide) groups is 1. The number of hydrogen-bond acceptors (Lipinski definition) is 3. The molecule has 1 amide bonds. The van der Waals surface area contributed by atoms with Gasteiger partial charge in [-0.15, -0.1) is 0 Å². The molecule has 2 saturated heterocycles. The minimum atomic E-state index is 0.292. The quantitative estimate of drug-likeness (QED) is 0.820. The van der Waals surface area contributed by atoms with Crippen LogP contribution in [-0.4, -0.2) is 35.5 Å². The molecule has 21 heavy (non-hydrogen) atoms. The average molecular weight is 311 g/mol. The zero-order valence-corrected chi connectivity index (χ0v) is 14.1. The summed E-state index contributed by atoms with van der Waals surface area (Å²) in [5.74, 6) is 0.903. The molecule has 0 spiro atoms. The third kappa shape index (κ3) is 3.95. The van der Waals surface area contributed by atoms with Crippen molar-refractivity contribution in [3.8, 4) is 0 Å². The van der Waals surface area contributed by atoms with Crippen molar-refractivity contribution in [2.24, 2.45) is 5.92 Å². The molecule has 3 fully saturated rings. The second-order valence-corrected chi connectivity index (χ2v) is 8.68. The van der Waals surface area contributed by atoms with Crippen molar-refractivity contribution in [2.75, 3.05) is 12.8 Å². The van der Waals surface area contributed by atoms with Crippen molar-refractivity contribution >= 4 is 17.7 Å². The Bertz CT molecular complexity index is 356. The van der Waals surface area contributed by atoms with E-state index < -0.39 is 0 Å². The maximum atomic E-state index is 12.3. The summed E-state index contributed by atoms with van der Waals surface area (Å²) in [6.45, 7) is 0.880. The van der Waals surface area contributed by atoms with Crippen LogP contribution in [0, 0.1) is 5.92 Å². The van der Waals surface area contributed by atoms with Gasteiger partial charge in [-0.1, -0.05) is 19.3 Å². The van der Waals surface area contributed by atoms with Crippen LogP contribution < -0.4 is 10.6 Å². The topological polar surface area (TPSA) is 41.1 Å². The highest BCUT2D eigenvalue weighted by Crippen LogP contribution is 2.38. The molecule has 3 aliphatic rings. The van der Waals surface area contributed by atoms with E-state index in [0.29, 0.717) is 28.7 Å². The van der Waals surface area contributed by atoms with Crippen LogP contribution in [0.1, 0.15) is 64.2 Å². The van der Waals surface area contributed by atoms with Gasteiger partial charge >= 0.3 is 0 Å². The number of piperidine rings is 1. The van der Waals surface area contributed by atoms with E-state index in [1.165, 1.54) is 57.8 Å². The highest BCUT2D eigenvalue weighted by Gasteiger charge is 2.35. The van der Waals surface area contributed by atoms with Gasteiger partial charge in [-0.2, -0.15) is 11.8 Å². The molecule has 2 unspecified atom stereocenters. The van der Waals surface area contributed by atoms with Gasteiger partial charge in [0, 0.05) is 29.8 Å². The summed E-state index contributed by atoms with van der Waals surface area (Å²) < 4.78 is 0.320. The standard InChI is InChI=1S/C17H30N2OS/c1-21-17(7-3-2-4-8-17)12-18-16(20)11-13-9-14-5-6-15(10-13)19-14/h13-15,19H,2-12H2,1H3,(H,18,20). The minimum Gasteiger partial charge on any atom is -0.355 e. The predicted octanol–water partition coefficient (Wildman–Crippen LogP) is 3.09. The fourth-order valence-electron chi connectivity index (χ4n) is 4.58. The Morgan fingerprint density at radius 1 is 1.19 bits per heavy atom. The van der Waals surface area contributed by atoms with E-state index in [0.717, 1.165) is 13.0 Å². The van der Waals surface area contributed by atoms with E-state index in [1.54, 1.807) is 0 Å². The smallest absolute Gasteiger partial charge is 0.220 e. The third-order valence-electron chi connectivity index (χ3n) is 5.85. The Morgan fingerprint density at radius 2 is 1.86 bits per heavy atom. The molecule has 0 aromatic carbocycles. The van der Waals surface area contributed by atoms with Gasteiger partial charge in [-0.25, -0.2) is 0 Å². The molecule has 2 N–H and O–H groups in total. The number of carbonyl (C=O) groups is 1. The van der Waals surface area contributed by atoms with Crippen LogP contribution in [0.2, 0.25) is 0 Å². The molecule has 1 saturated carbocycles. The molecule has 2 atom stereocenters.